The van der Waals surface area contributed by atoms with Gasteiger partial charge in [-0.1, -0.05) is 60.2 Å². The van der Waals surface area contributed by atoms with Crippen LogP contribution in [0.2, 0.25) is 0 Å². The van der Waals surface area contributed by atoms with E-state index in [4.69, 9.17) is 5.73 Å². The first-order chi connectivity index (χ1) is 29.8. The van der Waals surface area contributed by atoms with Gasteiger partial charge in [-0.3, -0.25) is 28.8 Å². The van der Waals surface area contributed by atoms with Crippen molar-refractivity contribution in [3.8, 4) is 0 Å². The molecule has 3 N–H and O–H groups in total. The van der Waals surface area contributed by atoms with Gasteiger partial charge in [0.1, 0.15) is 0 Å². The fraction of sp³-hybridized carbons (Fsp3) is 0.106. The van der Waals surface area contributed by atoms with E-state index in [-0.39, 0.29) is 57.0 Å². The number of nitrogen functional groups attached to an aromatic ring is 1. The van der Waals surface area contributed by atoms with Gasteiger partial charge in [-0.25, -0.2) is 9.80 Å². The van der Waals surface area contributed by atoms with Gasteiger partial charge in [0.2, 0.25) is 5.41 Å². The molecular weight excluding hydrogens is 831 g/mol. The lowest BCUT2D eigenvalue weighted by Gasteiger charge is -2.38. The number of anilines is 4. The first kappa shape index (κ1) is 41.8. The molecule has 6 aromatic carbocycles. The molecule has 6 aromatic rings. The van der Waals surface area contributed by atoms with Crippen LogP contribution in [-0.2, 0) is 11.8 Å². The number of aryl methyl sites for hydroxylation is 1. The smallest absolute Gasteiger partial charge is 0.399 e. The highest BCUT2D eigenvalue weighted by Crippen LogP contribution is 2.56. The maximum absolute atomic E-state index is 15.1. The van der Waals surface area contributed by atoms with E-state index in [1.807, 2.05) is 19.1 Å². The number of amides is 5. The van der Waals surface area contributed by atoms with Gasteiger partial charge in [-0.05, 0) is 102 Å². The highest BCUT2D eigenvalue weighted by Gasteiger charge is 2.72. The SMILES string of the molecule is Cc1ccc(CC(=O)c2ccc3c(c2)C(=O)N(c2ccc(C(c4ccc(N5C(=O)c6ccc(C(=O)Nc7ccc(N)cc7)cc6C5=O)cc4)(C(F)(F)F)C(F)(F)F)cc2)C3=O)cc1. The fourth-order valence-electron chi connectivity index (χ4n) is 7.73. The Morgan fingerprint density at radius 2 is 0.968 bits per heavy atom. The van der Waals surface area contributed by atoms with Crippen molar-refractivity contribution >= 4 is 58.1 Å². The number of fused-ring (bicyclic) bond motifs is 2. The Bertz CT molecular complexity index is 2690. The number of carbonyl (C=O) groups excluding carboxylic acids is 6. The van der Waals surface area contributed by atoms with Crippen molar-refractivity contribution in [1.82, 2.24) is 0 Å². The molecule has 0 saturated carbocycles. The minimum atomic E-state index is -6.04. The largest absolute Gasteiger partial charge is 0.411 e. The molecule has 5 amide bonds. The summed E-state index contributed by atoms with van der Waals surface area (Å²) in [5.74, 6) is -4.75. The van der Waals surface area contributed by atoms with Gasteiger partial charge < -0.3 is 11.1 Å². The molecule has 0 aliphatic carbocycles. The number of carbonyl (C=O) groups is 6. The van der Waals surface area contributed by atoms with E-state index >= 15 is 26.3 Å². The standard InChI is InChI=1S/C47H30F6N4O6/c1-25-2-4-26(5-3-25)22-39(58)27-6-20-35-37(23-27)43(62)56(41(35)60)33-16-8-29(9-17-33)45(46(48,49)50,47(51,52)53)30-10-18-34(19-11-30)57-42(61)36-21-7-28(24-38(36)44(57)63)40(59)55-32-14-12-31(54)13-15-32/h2-21,23-24H,22,54H2,1H3,(H,55,59). The van der Waals surface area contributed by atoms with Crippen LogP contribution in [0, 0.1) is 6.92 Å². The highest BCUT2D eigenvalue weighted by molar-refractivity contribution is 6.35. The molecule has 2 aliphatic heterocycles. The summed E-state index contributed by atoms with van der Waals surface area (Å²) in [5, 5.41) is 2.61. The van der Waals surface area contributed by atoms with Crippen LogP contribution in [-0.4, -0.2) is 47.7 Å². The van der Waals surface area contributed by atoms with Crippen molar-refractivity contribution in [2.24, 2.45) is 0 Å². The molecule has 0 aromatic heterocycles. The fourth-order valence-corrected chi connectivity index (χ4v) is 7.73. The second-order valence-electron chi connectivity index (χ2n) is 14.9. The Morgan fingerprint density at radius 3 is 1.43 bits per heavy atom. The quantitative estimate of drug-likeness (QED) is 0.0638. The molecule has 0 unspecified atom stereocenters. The molecule has 0 radical (unpaired) electrons. The van der Waals surface area contributed by atoms with Crippen molar-refractivity contribution in [2.75, 3.05) is 20.9 Å². The first-order valence-corrected chi connectivity index (χ1v) is 19.0. The second-order valence-corrected chi connectivity index (χ2v) is 14.9. The van der Waals surface area contributed by atoms with Crippen molar-refractivity contribution in [2.45, 2.75) is 31.1 Å². The van der Waals surface area contributed by atoms with Crippen molar-refractivity contribution in [3.05, 3.63) is 189 Å². The van der Waals surface area contributed by atoms with Gasteiger partial charge >= 0.3 is 12.4 Å². The molecule has 0 atom stereocenters. The molecular formula is C47H30F6N4O6. The number of ketones is 1. The number of nitrogens with two attached hydrogens (primary N) is 1. The minimum Gasteiger partial charge on any atom is -0.399 e. The maximum atomic E-state index is 15.1. The zero-order chi connectivity index (χ0) is 45.2. The number of rotatable bonds is 9. The summed E-state index contributed by atoms with van der Waals surface area (Å²) < 4.78 is 90.9. The Balaban J connectivity index is 1.06. The van der Waals surface area contributed by atoms with Gasteiger partial charge in [0.25, 0.3) is 29.5 Å². The molecule has 16 heteroatoms. The van der Waals surface area contributed by atoms with Crippen molar-refractivity contribution in [3.63, 3.8) is 0 Å². The lowest BCUT2D eigenvalue weighted by molar-refractivity contribution is -0.288. The molecule has 0 spiro atoms. The number of halogens is 6. The Hall–Kier alpha value is -7.88. The van der Waals surface area contributed by atoms with E-state index in [2.05, 4.69) is 5.32 Å². The molecule has 0 bridgehead atoms. The molecule has 10 nitrogen and oxygen atoms in total. The summed E-state index contributed by atoms with van der Waals surface area (Å²) in [7, 11) is 0. The predicted octanol–water partition coefficient (Wildman–Crippen LogP) is 9.27. The van der Waals surface area contributed by atoms with E-state index in [1.54, 1.807) is 24.3 Å². The van der Waals surface area contributed by atoms with Crippen molar-refractivity contribution < 1.29 is 55.1 Å². The normalized spacial score (nSPS) is 14.0. The van der Waals surface area contributed by atoms with E-state index in [0.29, 0.717) is 51.0 Å². The molecule has 0 fully saturated rings. The summed E-state index contributed by atoms with van der Waals surface area (Å²) >= 11 is 0. The third-order valence-corrected chi connectivity index (χ3v) is 11.0. The topological polar surface area (TPSA) is 147 Å². The van der Waals surface area contributed by atoms with Crippen LogP contribution >= 0.6 is 0 Å². The van der Waals surface area contributed by atoms with Crippen molar-refractivity contribution in [1.29, 1.82) is 0 Å². The number of Topliss-reactive ketones (excluding diaryl/α,β-unsaturated/α-hetero) is 1. The zero-order valence-corrected chi connectivity index (χ0v) is 32.6. The van der Waals surface area contributed by atoms with Crippen LogP contribution in [0.1, 0.15) is 84.4 Å². The van der Waals surface area contributed by atoms with E-state index in [9.17, 15) is 28.8 Å². The number of hydrogen-bond donors (Lipinski definition) is 2. The summed E-state index contributed by atoms with van der Waals surface area (Å²) in [4.78, 5) is 81.0. The van der Waals surface area contributed by atoms with E-state index < -0.39 is 58.4 Å². The van der Waals surface area contributed by atoms with Gasteiger partial charge in [-0.15, -0.1) is 0 Å². The van der Waals surface area contributed by atoms with Crippen LogP contribution in [0.25, 0.3) is 0 Å². The molecule has 2 heterocycles. The highest BCUT2D eigenvalue weighted by atomic mass is 19.4. The number of hydrogen-bond acceptors (Lipinski definition) is 7. The number of nitrogens with one attached hydrogen (secondary N) is 1. The monoisotopic (exact) mass is 860 g/mol. The third kappa shape index (κ3) is 7.08. The molecule has 63 heavy (non-hydrogen) atoms. The molecule has 316 valence electrons. The lowest BCUT2D eigenvalue weighted by Crippen LogP contribution is -2.54. The Kier molecular flexibility index (Phi) is 10.1. The summed E-state index contributed by atoms with van der Waals surface area (Å²) in [6.45, 7) is 1.88. The number of alkyl halides is 6. The maximum Gasteiger partial charge on any atom is 0.411 e. The third-order valence-electron chi connectivity index (χ3n) is 11.0. The Morgan fingerprint density at radius 1 is 0.540 bits per heavy atom. The summed E-state index contributed by atoms with van der Waals surface area (Å²) in [6.07, 6.45) is -12.1. The first-order valence-electron chi connectivity index (χ1n) is 19.0. The van der Waals surface area contributed by atoms with E-state index in [1.165, 1.54) is 42.5 Å². The van der Waals surface area contributed by atoms with Crippen LogP contribution < -0.4 is 20.9 Å². The second kappa shape index (κ2) is 15.2. The average molecular weight is 861 g/mol. The van der Waals surface area contributed by atoms with Crippen LogP contribution in [0.4, 0.5) is 49.1 Å². The van der Waals surface area contributed by atoms with E-state index in [0.717, 1.165) is 35.9 Å². The number of imide groups is 2. The zero-order valence-electron chi connectivity index (χ0n) is 32.6. The van der Waals surface area contributed by atoms with Crippen LogP contribution in [0.15, 0.2) is 133 Å². The van der Waals surface area contributed by atoms with Gasteiger partial charge in [0.05, 0.1) is 33.6 Å². The van der Waals surface area contributed by atoms with Gasteiger partial charge in [-0.2, -0.15) is 26.3 Å². The van der Waals surface area contributed by atoms with Crippen LogP contribution in [0.5, 0.6) is 0 Å². The van der Waals surface area contributed by atoms with Crippen LogP contribution in [0.3, 0.4) is 0 Å². The lowest BCUT2D eigenvalue weighted by atomic mass is 9.73. The summed E-state index contributed by atoms with van der Waals surface area (Å²) in [6, 6.07) is 25.9. The molecule has 2 aliphatic rings. The predicted molar refractivity (Wildman–Crippen MR) is 219 cm³/mol. The molecule has 0 saturated heterocycles. The average Bonchev–Trinajstić information content (AvgIpc) is 3.65. The Labute approximate surface area is 353 Å². The van der Waals surface area contributed by atoms with Gasteiger partial charge in [0.15, 0.2) is 5.78 Å². The van der Waals surface area contributed by atoms with Gasteiger partial charge in [0, 0.05) is 28.9 Å². The molecule has 8 rings (SSSR count). The number of nitrogens with zero attached hydrogens (tertiary/aromatic N) is 2. The summed E-state index contributed by atoms with van der Waals surface area (Å²) in [5.41, 5.74) is -0.377. The minimum absolute atomic E-state index is 0.00672. The number of benzene rings is 6.